The van der Waals surface area contributed by atoms with Gasteiger partial charge in [0.15, 0.2) is 11.6 Å². The normalized spacial score (nSPS) is 11.5. The van der Waals surface area contributed by atoms with Gasteiger partial charge in [-0.1, -0.05) is 19.1 Å². The SMILES string of the molecule is CCc1ccc(-n2nnnc2/C(=C/N(C)C)C(C)=O)cc1. The van der Waals surface area contributed by atoms with Crippen LogP contribution < -0.4 is 0 Å². The summed E-state index contributed by atoms with van der Waals surface area (Å²) in [5.74, 6) is 0.366. The van der Waals surface area contributed by atoms with Gasteiger partial charge < -0.3 is 4.90 Å². The van der Waals surface area contributed by atoms with Crippen LogP contribution in [0.1, 0.15) is 25.2 Å². The lowest BCUT2D eigenvalue weighted by Gasteiger charge is -2.10. The Kier molecular flexibility index (Phi) is 4.47. The molecule has 0 fully saturated rings. The number of hydrogen-bond donors (Lipinski definition) is 0. The predicted octanol–water partition coefficient (Wildman–Crippen LogP) is 1.72. The number of carbonyl (C=O) groups is 1. The zero-order chi connectivity index (χ0) is 15.4. The van der Waals surface area contributed by atoms with Gasteiger partial charge in [0.05, 0.1) is 11.3 Å². The molecular weight excluding hydrogens is 266 g/mol. The van der Waals surface area contributed by atoms with E-state index in [1.165, 1.54) is 12.5 Å². The van der Waals surface area contributed by atoms with Crippen LogP contribution in [0.5, 0.6) is 0 Å². The third kappa shape index (κ3) is 3.34. The zero-order valence-electron chi connectivity index (χ0n) is 12.7. The summed E-state index contributed by atoms with van der Waals surface area (Å²) in [5.41, 5.74) is 2.55. The highest BCUT2D eigenvalue weighted by Crippen LogP contribution is 2.17. The van der Waals surface area contributed by atoms with Crippen LogP contribution >= 0.6 is 0 Å². The van der Waals surface area contributed by atoms with Gasteiger partial charge in [-0.15, -0.1) is 5.10 Å². The van der Waals surface area contributed by atoms with Crippen LogP contribution in [0.15, 0.2) is 30.5 Å². The molecule has 0 bridgehead atoms. The Balaban J connectivity index is 2.48. The topological polar surface area (TPSA) is 63.9 Å². The van der Waals surface area contributed by atoms with Gasteiger partial charge in [0, 0.05) is 20.3 Å². The molecule has 1 aromatic carbocycles. The number of tetrazole rings is 1. The molecule has 0 amide bonds. The van der Waals surface area contributed by atoms with Crippen molar-refractivity contribution in [1.82, 2.24) is 25.1 Å². The second-order valence-corrected chi connectivity index (χ2v) is 5.00. The van der Waals surface area contributed by atoms with Gasteiger partial charge >= 0.3 is 0 Å². The van der Waals surface area contributed by atoms with Crippen molar-refractivity contribution in [3.8, 4) is 5.69 Å². The van der Waals surface area contributed by atoms with E-state index in [1.807, 2.05) is 38.4 Å². The molecule has 1 heterocycles. The van der Waals surface area contributed by atoms with E-state index in [-0.39, 0.29) is 5.78 Å². The molecule has 6 heteroatoms. The minimum absolute atomic E-state index is 0.0788. The van der Waals surface area contributed by atoms with Gasteiger partial charge in [-0.05, 0) is 41.5 Å². The highest BCUT2D eigenvalue weighted by atomic mass is 16.1. The smallest absolute Gasteiger partial charge is 0.192 e. The molecule has 0 saturated carbocycles. The third-order valence-electron chi connectivity index (χ3n) is 3.07. The molecule has 0 N–H and O–H groups in total. The molecule has 0 spiro atoms. The van der Waals surface area contributed by atoms with Gasteiger partial charge in [-0.25, -0.2) is 0 Å². The monoisotopic (exact) mass is 285 g/mol. The number of hydrogen-bond acceptors (Lipinski definition) is 5. The molecule has 21 heavy (non-hydrogen) atoms. The Bertz CT molecular complexity index is 655. The molecule has 0 aliphatic carbocycles. The van der Waals surface area contributed by atoms with Crippen LogP contribution in [-0.2, 0) is 11.2 Å². The summed E-state index contributed by atoms with van der Waals surface area (Å²) in [6, 6.07) is 7.96. The molecule has 0 aliphatic rings. The standard InChI is InChI=1S/C15H19N5O/c1-5-12-6-8-13(9-7-12)20-15(16-17-18-20)14(11(2)21)10-19(3)4/h6-10H,5H2,1-4H3/b14-10+. The minimum atomic E-state index is -0.0788. The van der Waals surface area contributed by atoms with E-state index < -0.39 is 0 Å². The number of aryl methyl sites for hydroxylation is 1. The van der Waals surface area contributed by atoms with Crippen LogP contribution in [0.25, 0.3) is 11.3 Å². The van der Waals surface area contributed by atoms with E-state index in [1.54, 1.807) is 15.8 Å². The molecule has 0 aliphatic heterocycles. The maximum atomic E-state index is 11.9. The van der Waals surface area contributed by atoms with Gasteiger partial charge in [-0.3, -0.25) is 4.79 Å². The van der Waals surface area contributed by atoms with Gasteiger partial charge in [0.2, 0.25) is 0 Å². The quantitative estimate of drug-likeness (QED) is 0.783. The lowest BCUT2D eigenvalue weighted by Crippen LogP contribution is -2.11. The van der Waals surface area contributed by atoms with E-state index in [2.05, 4.69) is 22.4 Å². The zero-order valence-corrected chi connectivity index (χ0v) is 12.7. The largest absolute Gasteiger partial charge is 0.383 e. The second kappa shape index (κ2) is 6.30. The average molecular weight is 285 g/mol. The molecule has 2 aromatic rings. The average Bonchev–Trinajstić information content (AvgIpc) is 2.93. The van der Waals surface area contributed by atoms with Crippen molar-refractivity contribution in [3.05, 3.63) is 41.9 Å². The van der Waals surface area contributed by atoms with Gasteiger partial charge in [-0.2, -0.15) is 4.68 Å². The van der Waals surface area contributed by atoms with Crippen LogP contribution in [0.3, 0.4) is 0 Å². The molecule has 0 atom stereocenters. The first-order valence-corrected chi connectivity index (χ1v) is 6.80. The lowest BCUT2D eigenvalue weighted by atomic mass is 10.1. The number of ketones is 1. The summed E-state index contributed by atoms with van der Waals surface area (Å²) < 4.78 is 1.58. The summed E-state index contributed by atoms with van der Waals surface area (Å²) in [7, 11) is 3.71. The van der Waals surface area contributed by atoms with Crippen molar-refractivity contribution >= 4 is 11.4 Å². The highest BCUT2D eigenvalue weighted by Gasteiger charge is 2.17. The molecule has 0 saturated heterocycles. The Morgan fingerprint density at radius 2 is 1.95 bits per heavy atom. The fourth-order valence-electron chi connectivity index (χ4n) is 1.97. The molecule has 2 rings (SSSR count). The summed E-state index contributed by atoms with van der Waals surface area (Å²) >= 11 is 0. The number of Topliss-reactive ketones (excluding diaryl/α,β-unsaturated/α-hetero) is 1. The van der Waals surface area contributed by atoms with E-state index in [4.69, 9.17) is 0 Å². The van der Waals surface area contributed by atoms with Crippen LogP contribution in [-0.4, -0.2) is 45.0 Å². The molecule has 0 unspecified atom stereocenters. The number of allylic oxidation sites excluding steroid dienone is 1. The lowest BCUT2D eigenvalue weighted by molar-refractivity contribution is -0.111. The van der Waals surface area contributed by atoms with Crippen LogP contribution in [0.4, 0.5) is 0 Å². The number of nitrogens with zero attached hydrogens (tertiary/aromatic N) is 5. The van der Waals surface area contributed by atoms with Crippen molar-refractivity contribution < 1.29 is 4.79 Å². The molecule has 6 nitrogen and oxygen atoms in total. The second-order valence-electron chi connectivity index (χ2n) is 5.00. The molecular formula is C15H19N5O. The minimum Gasteiger partial charge on any atom is -0.383 e. The fourth-order valence-corrected chi connectivity index (χ4v) is 1.97. The van der Waals surface area contributed by atoms with Crippen LogP contribution in [0, 0.1) is 0 Å². The highest BCUT2D eigenvalue weighted by molar-refractivity contribution is 6.18. The first kappa shape index (κ1) is 14.9. The van der Waals surface area contributed by atoms with E-state index in [0.29, 0.717) is 11.4 Å². The van der Waals surface area contributed by atoms with Crippen molar-refractivity contribution in [3.63, 3.8) is 0 Å². The van der Waals surface area contributed by atoms with Crippen molar-refractivity contribution in [2.45, 2.75) is 20.3 Å². The summed E-state index contributed by atoms with van der Waals surface area (Å²) in [6.45, 7) is 3.61. The Morgan fingerprint density at radius 3 is 2.48 bits per heavy atom. The Morgan fingerprint density at radius 1 is 1.29 bits per heavy atom. The van der Waals surface area contributed by atoms with E-state index in [0.717, 1.165) is 12.1 Å². The number of rotatable bonds is 5. The van der Waals surface area contributed by atoms with Gasteiger partial charge in [0.25, 0.3) is 0 Å². The fraction of sp³-hybridized carbons (Fsp3) is 0.333. The molecule has 110 valence electrons. The molecule has 1 aromatic heterocycles. The summed E-state index contributed by atoms with van der Waals surface area (Å²) in [6.07, 6.45) is 2.70. The maximum Gasteiger partial charge on any atom is 0.192 e. The van der Waals surface area contributed by atoms with Crippen molar-refractivity contribution in [2.24, 2.45) is 0 Å². The van der Waals surface area contributed by atoms with E-state index >= 15 is 0 Å². The number of benzene rings is 1. The van der Waals surface area contributed by atoms with E-state index in [9.17, 15) is 4.79 Å². The van der Waals surface area contributed by atoms with Crippen molar-refractivity contribution in [2.75, 3.05) is 14.1 Å². The third-order valence-corrected chi connectivity index (χ3v) is 3.07. The first-order valence-electron chi connectivity index (χ1n) is 6.80. The Labute approximate surface area is 124 Å². The number of aromatic nitrogens is 4. The van der Waals surface area contributed by atoms with Crippen molar-refractivity contribution in [1.29, 1.82) is 0 Å². The predicted molar refractivity (Wildman–Crippen MR) is 80.9 cm³/mol. The maximum absolute atomic E-state index is 11.9. The van der Waals surface area contributed by atoms with Gasteiger partial charge in [0.1, 0.15) is 0 Å². The van der Waals surface area contributed by atoms with Crippen LogP contribution in [0.2, 0.25) is 0 Å². The number of carbonyl (C=O) groups excluding carboxylic acids is 1. The molecule has 0 radical (unpaired) electrons. The summed E-state index contributed by atoms with van der Waals surface area (Å²) in [4.78, 5) is 13.7. The Hall–Kier alpha value is -2.50. The first-order chi connectivity index (χ1) is 10.0. The summed E-state index contributed by atoms with van der Waals surface area (Å²) in [5, 5.41) is 11.7.